The van der Waals surface area contributed by atoms with Crippen molar-refractivity contribution in [1.29, 1.82) is 5.26 Å². The van der Waals surface area contributed by atoms with Crippen molar-refractivity contribution in [2.45, 2.75) is 0 Å². The quantitative estimate of drug-likeness (QED) is 0.448. The molecule has 1 aliphatic heterocycles. The molecule has 0 atom stereocenters. The normalized spacial score (nSPS) is 13.5. The Hall–Kier alpha value is -4.15. The lowest BCUT2D eigenvalue weighted by Gasteiger charge is -2.28. The third-order valence-corrected chi connectivity index (χ3v) is 5.24. The van der Waals surface area contributed by atoms with Gasteiger partial charge in [0.25, 0.3) is 5.91 Å². The topological polar surface area (TPSA) is 86.9 Å². The molecule has 1 heterocycles. The lowest BCUT2D eigenvalue weighted by Crippen LogP contribution is -2.36. The molecule has 0 aromatic heterocycles. The van der Waals surface area contributed by atoms with Crippen molar-refractivity contribution in [3.8, 4) is 22.9 Å². The molecule has 0 unspecified atom stereocenters. The number of carbonyl (C=O) groups excluding carboxylic acids is 1. The van der Waals surface area contributed by atoms with Crippen LogP contribution in [-0.4, -0.2) is 45.0 Å². The standard InChI is InChI=1S/C26H24N4O3/c27-17-20-1-5-22(6-2-20)23-7-11-25(12-8-23)33-19-26(31)29-28-18-21-3-9-24(10-4-21)30-13-15-32-16-14-30/h1-12,18H,13-16,19H2,(H,29,31)/b28-18+. The fraction of sp³-hybridized carbons (Fsp3) is 0.192. The Morgan fingerprint density at radius 1 is 1.00 bits per heavy atom. The second-order valence-corrected chi connectivity index (χ2v) is 7.49. The van der Waals surface area contributed by atoms with Gasteiger partial charge in [-0.3, -0.25) is 4.79 Å². The average molecular weight is 441 g/mol. The zero-order chi connectivity index (χ0) is 22.9. The number of amides is 1. The molecule has 0 saturated carbocycles. The highest BCUT2D eigenvalue weighted by Crippen LogP contribution is 2.22. The monoisotopic (exact) mass is 440 g/mol. The summed E-state index contributed by atoms with van der Waals surface area (Å²) in [5.74, 6) is 0.248. The molecule has 1 aliphatic rings. The van der Waals surface area contributed by atoms with Gasteiger partial charge < -0.3 is 14.4 Å². The van der Waals surface area contributed by atoms with Crippen molar-refractivity contribution in [2.24, 2.45) is 5.10 Å². The van der Waals surface area contributed by atoms with E-state index >= 15 is 0 Å². The van der Waals surface area contributed by atoms with Crippen LogP contribution in [-0.2, 0) is 9.53 Å². The molecule has 3 aromatic rings. The van der Waals surface area contributed by atoms with Crippen LogP contribution in [0.25, 0.3) is 11.1 Å². The molecule has 1 amide bonds. The Morgan fingerprint density at radius 3 is 2.27 bits per heavy atom. The third kappa shape index (κ3) is 6.19. The Bertz CT molecular complexity index is 1130. The molecule has 1 saturated heterocycles. The number of anilines is 1. The summed E-state index contributed by atoms with van der Waals surface area (Å²) in [4.78, 5) is 14.3. The van der Waals surface area contributed by atoms with Crippen molar-refractivity contribution in [1.82, 2.24) is 5.43 Å². The molecule has 0 bridgehead atoms. The first-order chi connectivity index (χ1) is 16.2. The summed E-state index contributed by atoms with van der Waals surface area (Å²) in [6, 6.07) is 24.9. The van der Waals surface area contributed by atoms with Crippen LogP contribution in [0.1, 0.15) is 11.1 Å². The SMILES string of the molecule is N#Cc1ccc(-c2ccc(OCC(=O)N/N=C/c3ccc(N4CCOCC4)cc3)cc2)cc1. The minimum absolute atomic E-state index is 0.135. The van der Waals surface area contributed by atoms with Crippen molar-refractivity contribution < 1.29 is 14.3 Å². The van der Waals surface area contributed by atoms with Gasteiger partial charge in [-0.25, -0.2) is 5.43 Å². The van der Waals surface area contributed by atoms with Crippen molar-refractivity contribution in [2.75, 3.05) is 37.8 Å². The Balaban J connectivity index is 1.23. The van der Waals surface area contributed by atoms with Crippen LogP contribution >= 0.6 is 0 Å². The van der Waals surface area contributed by atoms with E-state index in [0.29, 0.717) is 11.3 Å². The first kappa shape index (κ1) is 22.1. The van der Waals surface area contributed by atoms with E-state index in [4.69, 9.17) is 14.7 Å². The first-order valence-corrected chi connectivity index (χ1v) is 10.7. The number of morpholine rings is 1. The number of nitriles is 1. The van der Waals surface area contributed by atoms with Gasteiger partial charge in [-0.15, -0.1) is 0 Å². The number of benzene rings is 3. The van der Waals surface area contributed by atoms with Gasteiger partial charge in [-0.2, -0.15) is 10.4 Å². The Labute approximate surface area is 192 Å². The van der Waals surface area contributed by atoms with Crippen LogP contribution in [0, 0.1) is 11.3 Å². The molecule has 3 aromatic carbocycles. The van der Waals surface area contributed by atoms with Crippen molar-refractivity contribution in [3.05, 3.63) is 83.9 Å². The summed E-state index contributed by atoms with van der Waals surface area (Å²) in [5.41, 5.74) is 7.15. The highest BCUT2D eigenvalue weighted by atomic mass is 16.5. The van der Waals surface area contributed by atoms with Crippen LogP contribution < -0.4 is 15.1 Å². The Morgan fingerprint density at radius 2 is 1.64 bits per heavy atom. The summed E-state index contributed by atoms with van der Waals surface area (Å²) in [5, 5.41) is 12.9. The first-order valence-electron chi connectivity index (χ1n) is 10.7. The molecular weight excluding hydrogens is 416 g/mol. The minimum atomic E-state index is -0.340. The summed E-state index contributed by atoms with van der Waals surface area (Å²) in [6.45, 7) is 3.14. The molecule has 1 N–H and O–H groups in total. The molecule has 7 heteroatoms. The lowest BCUT2D eigenvalue weighted by atomic mass is 10.0. The lowest BCUT2D eigenvalue weighted by molar-refractivity contribution is -0.123. The number of ether oxygens (including phenoxy) is 2. The summed E-state index contributed by atoms with van der Waals surface area (Å²) in [6.07, 6.45) is 1.60. The molecule has 7 nitrogen and oxygen atoms in total. The maximum absolute atomic E-state index is 12.0. The van der Waals surface area contributed by atoms with Crippen LogP contribution in [0.15, 0.2) is 77.9 Å². The molecular formula is C26H24N4O3. The smallest absolute Gasteiger partial charge is 0.277 e. The van der Waals surface area contributed by atoms with E-state index in [-0.39, 0.29) is 12.5 Å². The van der Waals surface area contributed by atoms with E-state index < -0.39 is 0 Å². The fourth-order valence-corrected chi connectivity index (χ4v) is 3.43. The number of nitrogens with zero attached hydrogens (tertiary/aromatic N) is 3. The van der Waals surface area contributed by atoms with Gasteiger partial charge in [0.15, 0.2) is 6.61 Å². The predicted octanol–water partition coefficient (Wildman–Crippen LogP) is 3.59. The zero-order valence-electron chi connectivity index (χ0n) is 18.1. The largest absolute Gasteiger partial charge is 0.484 e. The Kier molecular flexibility index (Phi) is 7.31. The second kappa shape index (κ2) is 10.9. The van der Waals surface area contributed by atoms with E-state index in [2.05, 4.69) is 21.5 Å². The highest BCUT2D eigenvalue weighted by Gasteiger charge is 2.10. The number of carbonyl (C=O) groups is 1. The molecule has 1 fully saturated rings. The average Bonchev–Trinajstić information content (AvgIpc) is 2.89. The van der Waals surface area contributed by atoms with Gasteiger partial charge in [-0.1, -0.05) is 36.4 Å². The highest BCUT2D eigenvalue weighted by molar-refractivity contribution is 5.83. The summed E-state index contributed by atoms with van der Waals surface area (Å²) in [7, 11) is 0. The third-order valence-electron chi connectivity index (χ3n) is 5.24. The van der Waals surface area contributed by atoms with Gasteiger partial charge in [-0.05, 0) is 53.1 Å². The maximum atomic E-state index is 12.0. The fourth-order valence-electron chi connectivity index (χ4n) is 3.43. The molecule has 0 spiro atoms. The van der Waals surface area contributed by atoms with Gasteiger partial charge >= 0.3 is 0 Å². The van der Waals surface area contributed by atoms with Crippen LogP contribution in [0.4, 0.5) is 5.69 Å². The van der Waals surface area contributed by atoms with Gasteiger partial charge in [0.2, 0.25) is 0 Å². The van der Waals surface area contributed by atoms with Crippen LogP contribution in [0.2, 0.25) is 0 Å². The van der Waals surface area contributed by atoms with E-state index in [1.165, 1.54) is 0 Å². The number of rotatable bonds is 7. The van der Waals surface area contributed by atoms with Gasteiger partial charge in [0, 0.05) is 18.8 Å². The van der Waals surface area contributed by atoms with Crippen LogP contribution in [0.3, 0.4) is 0 Å². The van der Waals surface area contributed by atoms with E-state index in [0.717, 1.165) is 48.7 Å². The minimum Gasteiger partial charge on any atom is -0.484 e. The number of hydrogen-bond donors (Lipinski definition) is 1. The molecule has 0 aliphatic carbocycles. The molecule has 0 radical (unpaired) electrons. The summed E-state index contributed by atoms with van der Waals surface area (Å²) >= 11 is 0. The van der Waals surface area contributed by atoms with Crippen molar-refractivity contribution in [3.63, 3.8) is 0 Å². The summed E-state index contributed by atoms with van der Waals surface area (Å²) < 4.78 is 10.9. The van der Waals surface area contributed by atoms with Crippen LogP contribution in [0.5, 0.6) is 5.75 Å². The van der Waals surface area contributed by atoms with Gasteiger partial charge in [0.1, 0.15) is 5.75 Å². The molecule has 4 rings (SSSR count). The second-order valence-electron chi connectivity index (χ2n) is 7.49. The molecule has 33 heavy (non-hydrogen) atoms. The van der Waals surface area contributed by atoms with E-state index in [1.54, 1.807) is 30.5 Å². The van der Waals surface area contributed by atoms with Crippen molar-refractivity contribution >= 4 is 17.8 Å². The van der Waals surface area contributed by atoms with E-state index in [1.807, 2.05) is 48.5 Å². The zero-order valence-corrected chi connectivity index (χ0v) is 18.1. The molecule has 166 valence electrons. The number of hydrazone groups is 1. The number of hydrogen-bond acceptors (Lipinski definition) is 6. The van der Waals surface area contributed by atoms with Gasteiger partial charge in [0.05, 0.1) is 31.1 Å². The number of nitrogens with one attached hydrogen (secondary N) is 1. The predicted molar refractivity (Wildman–Crippen MR) is 127 cm³/mol. The van der Waals surface area contributed by atoms with E-state index in [9.17, 15) is 4.79 Å². The maximum Gasteiger partial charge on any atom is 0.277 e.